The van der Waals surface area contributed by atoms with Gasteiger partial charge in [0, 0.05) is 33.7 Å². The lowest BCUT2D eigenvalue weighted by atomic mass is 9.93. The number of carbonyl (C=O) groups is 1. The number of hydrogen-bond acceptors (Lipinski definition) is 4. The molecule has 0 fully saturated rings. The van der Waals surface area contributed by atoms with E-state index in [0.29, 0.717) is 6.42 Å². The molecule has 0 unspecified atom stereocenters. The fourth-order valence-corrected chi connectivity index (χ4v) is 3.47. The Bertz CT molecular complexity index is 646. The number of nitrogens with zero attached hydrogens (tertiary/aromatic N) is 1. The Kier molecular flexibility index (Phi) is 5.22. The van der Waals surface area contributed by atoms with Gasteiger partial charge in [0.25, 0.3) is 0 Å². The fraction of sp³-hybridized carbons (Fsp3) is 0.556. The summed E-state index contributed by atoms with van der Waals surface area (Å²) in [7, 11) is 0. The molecule has 0 spiro atoms. The van der Waals surface area contributed by atoms with Gasteiger partial charge in [-0.15, -0.1) is 11.3 Å². The summed E-state index contributed by atoms with van der Waals surface area (Å²) in [6.07, 6.45) is 3.10. The van der Waals surface area contributed by atoms with Gasteiger partial charge < -0.3 is 4.52 Å². The van der Waals surface area contributed by atoms with Crippen molar-refractivity contribution in [1.82, 2.24) is 5.16 Å². The molecular formula is C18H25NO2S. The molecule has 0 bridgehead atoms. The summed E-state index contributed by atoms with van der Waals surface area (Å²) >= 11 is 1.67. The van der Waals surface area contributed by atoms with Crippen molar-refractivity contribution in [3.8, 4) is 0 Å². The summed E-state index contributed by atoms with van der Waals surface area (Å²) in [6.45, 7) is 10.5. The Morgan fingerprint density at radius 1 is 1.36 bits per heavy atom. The van der Waals surface area contributed by atoms with E-state index in [1.165, 1.54) is 10.4 Å². The van der Waals surface area contributed by atoms with E-state index in [0.717, 1.165) is 36.3 Å². The zero-order valence-corrected chi connectivity index (χ0v) is 15.0. The first-order valence-corrected chi connectivity index (χ1v) is 8.77. The second-order valence-corrected chi connectivity index (χ2v) is 7.83. The predicted molar refractivity (Wildman–Crippen MR) is 90.9 cm³/mol. The van der Waals surface area contributed by atoms with Crippen LogP contribution in [0.2, 0.25) is 0 Å². The van der Waals surface area contributed by atoms with Gasteiger partial charge in [0.1, 0.15) is 5.76 Å². The van der Waals surface area contributed by atoms with Crippen LogP contribution in [0.3, 0.4) is 0 Å². The summed E-state index contributed by atoms with van der Waals surface area (Å²) in [5.74, 6) is 1.15. The molecule has 3 nitrogen and oxygen atoms in total. The molecule has 0 aromatic carbocycles. The van der Waals surface area contributed by atoms with Crippen molar-refractivity contribution in [2.45, 2.75) is 65.7 Å². The van der Waals surface area contributed by atoms with Gasteiger partial charge in [0.05, 0.1) is 5.69 Å². The number of aryl methyl sites for hydroxylation is 2. The van der Waals surface area contributed by atoms with Gasteiger partial charge >= 0.3 is 0 Å². The van der Waals surface area contributed by atoms with Gasteiger partial charge in [-0.05, 0) is 31.7 Å². The second kappa shape index (κ2) is 6.78. The third-order valence-electron chi connectivity index (χ3n) is 3.89. The first-order valence-electron chi connectivity index (χ1n) is 7.89. The highest BCUT2D eigenvalue weighted by Gasteiger charge is 2.20. The van der Waals surface area contributed by atoms with E-state index in [2.05, 4.69) is 39.8 Å². The molecule has 0 saturated carbocycles. The maximum Gasteiger partial charge on any atom is 0.164 e. The number of ketones is 1. The molecule has 0 amide bonds. The Labute approximate surface area is 136 Å². The number of aromatic nitrogens is 1. The van der Waals surface area contributed by atoms with E-state index < -0.39 is 0 Å². The van der Waals surface area contributed by atoms with Crippen LogP contribution in [0.4, 0.5) is 0 Å². The monoisotopic (exact) mass is 319 g/mol. The molecule has 0 atom stereocenters. The Morgan fingerprint density at radius 3 is 2.68 bits per heavy atom. The molecule has 0 aliphatic carbocycles. The summed E-state index contributed by atoms with van der Waals surface area (Å²) in [6, 6.07) is 2.01. The second-order valence-electron chi connectivity index (χ2n) is 6.75. The molecule has 120 valence electrons. The number of carbonyl (C=O) groups excluding carboxylic acids is 1. The summed E-state index contributed by atoms with van der Waals surface area (Å²) < 4.78 is 5.38. The Hall–Kier alpha value is -1.42. The van der Waals surface area contributed by atoms with Crippen molar-refractivity contribution in [1.29, 1.82) is 0 Å². The normalized spacial score (nSPS) is 11.9. The molecule has 0 radical (unpaired) electrons. The molecule has 0 aliphatic rings. The average Bonchev–Trinajstić information content (AvgIpc) is 3.04. The van der Waals surface area contributed by atoms with Gasteiger partial charge in [-0.1, -0.05) is 32.9 Å². The van der Waals surface area contributed by atoms with Crippen molar-refractivity contribution in [3.05, 3.63) is 38.9 Å². The molecule has 0 N–H and O–H groups in total. The van der Waals surface area contributed by atoms with Crippen LogP contribution in [0.25, 0.3) is 0 Å². The minimum atomic E-state index is -0.0225. The minimum absolute atomic E-state index is 0.0225. The van der Waals surface area contributed by atoms with Crippen molar-refractivity contribution in [2.75, 3.05) is 0 Å². The topological polar surface area (TPSA) is 43.1 Å². The van der Waals surface area contributed by atoms with E-state index in [4.69, 9.17) is 4.52 Å². The average molecular weight is 319 g/mol. The van der Waals surface area contributed by atoms with Gasteiger partial charge in [-0.3, -0.25) is 4.79 Å². The lowest BCUT2D eigenvalue weighted by molar-refractivity contribution is 0.0979. The van der Waals surface area contributed by atoms with Crippen LogP contribution in [-0.4, -0.2) is 10.9 Å². The highest BCUT2D eigenvalue weighted by atomic mass is 32.1. The lowest BCUT2D eigenvalue weighted by Gasteiger charge is -2.12. The number of Topliss-reactive ketones (excluding diaryl/α,β-unsaturated/α-hetero) is 1. The molecular weight excluding hydrogens is 294 g/mol. The molecule has 2 heterocycles. The van der Waals surface area contributed by atoms with E-state index in [-0.39, 0.29) is 11.2 Å². The van der Waals surface area contributed by atoms with Gasteiger partial charge in [-0.25, -0.2) is 0 Å². The highest BCUT2D eigenvalue weighted by molar-refractivity contribution is 7.10. The van der Waals surface area contributed by atoms with E-state index in [1.54, 1.807) is 11.3 Å². The molecule has 4 heteroatoms. The lowest BCUT2D eigenvalue weighted by Crippen LogP contribution is -2.09. The van der Waals surface area contributed by atoms with Crippen molar-refractivity contribution in [2.24, 2.45) is 0 Å². The Balaban J connectivity index is 1.91. The number of thiophene rings is 1. The van der Waals surface area contributed by atoms with Gasteiger partial charge in [0.2, 0.25) is 0 Å². The molecule has 0 saturated heterocycles. The number of rotatable bonds is 6. The van der Waals surface area contributed by atoms with Gasteiger partial charge in [0.15, 0.2) is 5.78 Å². The first-order chi connectivity index (χ1) is 10.3. The van der Waals surface area contributed by atoms with Crippen LogP contribution in [0.15, 0.2) is 16.0 Å². The maximum absolute atomic E-state index is 12.4. The van der Waals surface area contributed by atoms with E-state index in [9.17, 15) is 4.79 Å². The molecule has 2 rings (SSSR count). The molecule has 0 aliphatic heterocycles. The fourth-order valence-electron chi connectivity index (χ4n) is 2.50. The van der Waals surface area contributed by atoms with Crippen LogP contribution >= 0.6 is 11.3 Å². The van der Waals surface area contributed by atoms with Crippen LogP contribution < -0.4 is 0 Å². The van der Waals surface area contributed by atoms with Crippen molar-refractivity contribution >= 4 is 17.1 Å². The smallest absolute Gasteiger partial charge is 0.164 e. The minimum Gasteiger partial charge on any atom is -0.361 e. The SMILES string of the molecule is CCc1c(C(=O)CCCc2cc(C(C)(C)C)on2)csc1C. The standard InChI is InChI=1S/C18H25NO2S/c1-6-14-12(2)22-11-15(14)16(20)9-7-8-13-10-17(21-19-13)18(3,4)5/h10-11H,6-9H2,1-5H3. The quantitative estimate of drug-likeness (QED) is 0.695. The summed E-state index contributed by atoms with van der Waals surface area (Å²) in [5.41, 5.74) is 3.05. The van der Waals surface area contributed by atoms with Crippen LogP contribution in [0, 0.1) is 6.92 Å². The van der Waals surface area contributed by atoms with Crippen LogP contribution in [0.1, 0.15) is 72.8 Å². The first kappa shape index (κ1) is 16.9. The Morgan fingerprint density at radius 2 is 2.09 bits per heavy atom. The third kappa shape index (κ3) is 3.86. The molecule has 2 aromatic heterocycles. The zero-order chi connectivity index (χ0) is 16.3. The summed E-state index contributed by atoms with van der Waals surface area (Å²) in [4.78, 5) is 13.6. The van der Waals surface area contributed by atoms with Crippen LogP contribution in [-0.2, 0) is 18.3 Å². The molecule has 22 heavy (non-hydrogen) atoms. The largest absolute Gasteiger partial charge is 0.361 e. The zero-order valence-electron chi connectivity index (χ0n) is 14.2. The van der Waals surface area contributed by atoms with Crippen molar-refractivity contribution < 1.29 is 9.32 Å². The van der Waals surface area contributed by atoms with E-state index >= 15 is 0 Å². The predicted octanol–water partition coefficient (Wildman–Crippen LogP) is 5.11. The van der Waals surface area contributed by atoms with Gasteiger partial charge in [-0.2, -0.15) is 0 Å². The summed E-state index contributed by atoms with van der Waals surface area (Å²) in [5, 5.41) is 6.11. The number of hydrogen-bond donors (Lipinski definition) is 0. The van der Waals surface area contributed by atoms with Crippen molar-refractivity contribution in [3.63, 3.8) is 0 Å². The maximum atomic E-state index is 12.4. The molecule has 2 aromatic rings. The third-order valence-corrected chi connectivity index (χ3v) is 4.85. The van der Waals surface area contributed by atoms with E-state index in [1.807, 2.05) is 11.4 Å². The van der Waals surface area contributed by atoms with Crippen LogP contribution in [0.5, 0.6) is 0 Å². The highest BCUT2D eigenvalue weighted by Crippen LogP contribution is 2.25.